The van der Waals surface area contributed by atoms with Gasteiger partial charge in [0.15, 0.2) is 0 Å². The van der Waals surface area contributed by atoms with E-state index >= 15 is 0 Å². The smallest absolute Gasteiger partial charge is 0.130 e. The third-order valence-corrected chi connectivity index (χ3v) is 5.05. The summed E-state index contributed by atoms with van der Waals surface area (Å²) in [6.07, 6.45) is 15.6. The van der Waals surface area contributed by atoms with Crippen LogP contribution in [0.2, 0.25) is 0 Å². The first-order valence-corrected chi connectivity index (χ1v) is 9.85. The molecule has 0 aromatic rings. The Morgan fingerprint density at radius 1 is 0.880 bits per heavy atom. The molecule has 0 aromatic carbocycles. The first kappa shape index (κ1) is 21.9. The topological polar surface area (TPSA) is 29.6 Å². The molecule has 1 heterocycles. The first-order chi connectivity index (χ1) is 11.7. The van der Waals surface area contributed by atoms with Crippen LogP contribution in [0.4, 0.5) is 0 Å². The molecule has 1 aliphatic heterocycles. The van der Waals surface area contributed by atoms with Gasteiger partial charge in [-0.15, -0.1) is 0 Å². The number of Topliss-reactive ketones (excluding diaryl/α,β-unsaturated/α-hetero) is 1. The fraction of sp³-hybridized carbons (Fsp3) is 0.696. The molecule has 2 heteroatoms. The summed E-state index contributed by atoms with van der Waals surface area (Å²) in [6, 6.07) is 0. The van der Waals surface area contributed by atoms with Crippen molar-refractivity contribution in [2.24, 2.45) is 0 Å². The normalized spacial score (nSPS) is 23.5. The van der Waals surface area contributed by atoms with E-state index in [1.54, 1.807) is 6.92 Å². The summed E-state index contributed by atoms with van der Waals surface area (Å²) in [5.41, 5.74) is 4.37. The Hall–Kier alpha value is -1.15. The summed E-state index contributed by atoms with van der Waals surface area (Å²) in [7, 11) is 0. The fourth-order valence-corrected chi connectivity index (χ4v) is 3.15. The van der Waals surface area contributed by atoms with Gasteiger partial charge in [-0.05, 0) is 86.5 Å². The Bertz CT molecular complexity index is 520. The van der Waals surface area contributed by atoms with Gasteiger partial charge in [0.05, 0.1) is 11.7 Å². The molecule has 0 N–H and O–H groups in total. The van der Waals surface area contributed by atoms with E-state index in [1.165, 1.54) is 16.7 Å². The molecule has 1 fully saturated rings. The molecule has 0 bridgehead atoms. The van der Waals surface area contributed by atoms with Crippen LogP contribution in [-0.2, 0) is 9.53 Å². The molecule has 0 spiro atoms. The minimum atomic E-state index is 0.113. The van der Waals surface area contributed by atoms with E-state index in [9.17, 15) is 4.79 Å². The van der Waals surface area contributed by atoms with Gasteiger partial charge in [0.2, 0.25) is 0 Å². The molecule has 1 rings (SSSR count). The third kappa shape index (κ3) is 9.79. The predicted octanol–water partition coefficient (Wildman–Crippen LogP) is 6.71. The highest BCUT2D eigenvalue weighted by atomic mass is 16.6. The van der Waals surface area contributed by atoms with E-state index in [0.29, 0.717) is 12.5 Å². The molecule has 0 amide bonds. The number of hydrogen-bond acceptors (Lipinski definition) is 2. The van der Waals surface area contributed by atoms with Crippen LogP contribution < -0.4 is 0 Å². The SMILES string of the molecule is CC(=O)CCC=C(C)CCC=C(C)CCC1OC1(C)CCC=C(C)C. The molecule has 1 aliphatic rings. The second-order valence-corrected chi connectivity index (χ2v) is 8.16. The second kappa shape index (κ2) is 10.8. The molecule has 0 aliphatic carbocycles. The van der Waals surface area contributed by atoms with Gasteiger partial charge in [0, 0.05) is 6.42 Å². The van der Waals surface area contributed by atoms with Crippen molar-refractivity contribution in [1.82, 2.24) is 0 Å². The van der Waals surface area contributed by atoms with E-state index in [4.69, 9.17) is 4.74 Å². The van der Waals surface area contributed by atoms with Crippen LogP contribution in [-0.4, -0.2) is 17.5 Å². The van der Waals surface area contributed by atoms with Gasteiger partial charge in [0.25, 0.3) is 0 Å². The van der Waals surface area contributed by atoms with Gasteiger partial charge in [-0.2, -0.15) is 0 Å². The van der Waals surface area contributed by atoms with Crippen LogP contribution in [0.5, 0.6) is 0 Å². The van der Waals surface area contributed by atoms with E-state index in [0.717, 1.165) is 44.9 Å². The zero-order chi connectivity index (χ0) is 18.9. The molecule has 0 aromatic heterocycles. The Balaban J connectivity index is 2.20. The molecule has 0 radical (unpaired) electrons. The Kier molecular flexibility index (Phi) is 9.42. The monoisotopic (exact) mass is 346 g/mol. The van der Waals surface area contributed by atoms with Crippen molar-refractivity contribution in [3.8, 4) is 0 Å². The number of hydrogen-bond donors (Lipinski definition) is 0. The van der Waals surface area contributed by atoms with E-state index in [2.05, 4.69) is 52.8 Å². The Morgan fingerprint density at radius 2 is 1.48 bits per heavy atom. The average molecular weight is 347 g/mol. The second-order valence-electron chi connectivity index (χ2n) is 8.16. The maximum absolute atomic E-state index is 10.9. The molecule has 0 saturated carbocycles. The van der Waals surface area contributed by atoms with E-state index in [1.807, 2.05) is 0 Å². The number of allylic oxidation sites excluding steroid dienone is 6. The number of ketones is 1. The summed E-state index contributed by atoms with van der Waals surface area (Å²) >= 11 is 0. The predicted molar refractivity (Wildman–Crippen MR) is 108 cm³/mol. The van der Waals surface area contributed by atoms with Crippen LogP contribution in [0.3, 0.4) is 0 Å². The third-order valence-electron chi connectivity index (χ3n) is 5.05. The van der Waals surface area contributed by atoms with Crippen molar-refractivity contribution in [2.45, 2.75) is 105 Å². The fourth-order valence-electron chi connectivity index (χ4n) is 3.15. The van der Waals surface area contributed by atoms with Crippen molar-refractivity contribution < 1.29 is 9.53 Å². The van der Waals surface area contributed by atoms with Gasteiger partial charge >= 0.3 is 0 Å². The highest BCUT2D eigenvalue weighted by Crippen LogP contribution is 2.43. The van der Waals surface area contributed by atoms with E-state index < -0.39 is 0 Å². The number of epoxide rings is 1. The van der Waals surface area contributed by atoms with Crippen LogP contribution in [0.1, 0.15) is 92.9 Å². The molecular formula is C23H38O2. The highest BCUT2D eigenvalue weighted by molar-refractivity contribution is 5.75. The molecule has 1 saturated heterocycles. The zero-order valence-electron chi connectivity index (χ0n) is 17.3. The van der Waals surface area contributed by atoms with Crippen LogP contribution >= 0.6 is 0 Å². The lowest BCUT2D eigenvalue weighted by Gasteiger charge is -2.05. The summed E-state index contributed by atoms with van der Waals surface area (Å²) in [5, 5.41) is 0. The zero-order valence-corrected chi connectivity index (χ0v) is 17.3. The van der Waals surface area contributed by atoms with Crippen molar-refractivity contribution >= 4 is 5.78 Å². The minimum Gasteiger partial charge on any atom is -0.366 e. The highest BCUT2D eigenvalue weighted by Gasteiger charge is 2.50. The Labute approximate surface area is 155 Å². The van der Waals surface area contributed by atoms with Crippen LogP contribution in [0.15, 0.2) is 34.9 Å². The number of ether oxygens (including phenoxy) is 1. The maximum atomic E-state index is 10.9. The van der Waals surface area contributed by atoms with Gasteiger partial charge in [-0.3, -0.25) is 0 Å². The molecular weight excluding hydrogens is 308 g/mol. The van der Waals surface area contributed by atoms with Gasteiger partial charge in [0.1, 0.15) is 5.78 Å². The maximum Gasteiger partial charge on any atom is 0.130 e. The Morgan fingerprint density at radius 3 is 2.08 bits per heavy atom. The van der Waals surface area contributed by atoms with E-state index in [-0.39, 0.29) is 11.4 Å². The summed E-state index contributed by atoms with van der Waals surface area (Å²) in [6.45, 7) is 12.6. The van der Waals surface area contributed by atoms with Crippen molar-refractivity contribution in [1.29, 1.82) is 0 Å². The minimum absolute atomic E-state index is 0.113. The molecule has 2 unspecified atom stereocenters. The molecule has 2 atom stereocenters. The van der Waals surface area contributed by atoms with Gasteiger partial charge in [-0.25, -0.2) is 0 Å². The molecule has 2 nitrogen and oxygen atoms in total. The number of carbonyl (C=O) groups is 1. The van der Waals surface area contributed by atoms with Crippen molar-refractivity contribution in [2.75, 3.05) is 0 Å². The lowest BCUT2D eigenvalue weighted by Crippen LogP contribution is -2.09. The molecule has 142 valence electrons. The lowest BCUT2D eigenvalue weighted by atomic mass is 9.96. The summed E-state index contributed by atoms with van der Waals surface area (Å²) in [4.78, 5) is 10.9. The standard InChI is InChI=1S/C23H38O2/c1-18(2)10-9-17-23(6)22(25-23)16-15-20(4)12-7-11-19(3)13-8-14-21(5)24/h10,12-13,22H,7-9,11,14-17H2,1-6H3. The van der Waals surface area contributed by atoms with Gasteiger partial charge < -0.3 is 9.53 Å². The number of rotatable bonds is 12. The largest absolute Gasteiger partial charge is 0.366 e. The van der Waals surface area contributed by atoms with Gasteiger partial charge in [-0.1, -0.05) is 34.9 Å². The molecule has 25 heavy (non-hydrogen) atoms. The quantitative estimate of drug-likeness (QED) is 0.290. The van der Waals surface area contributed by atoms with Crippen molar-refractivity contribution in [3.63, 3.8) is 0 Å². The first-order valence-electron chi connectivity index (χ1n) is 9.85. The average Bonchev–Trinajstić information content (AvgIpc) is 3.14. The summed E-state index contributed by atoms with van der Waals surface area (Å²) < 4.78 is 5.95. The number of carbonyl (C=O) groups excluding carboxylic acids is 1. The lowest BCUT2D eigenvalue weighted by molar-refractivity contribution is -0.116. The summed E-state index contributed by atoms with van der Waals surface area (Å²) in [5.74, 6) is 0.273. The van der Waals surface area contributed by atoms with Crippen LogP contribution in [0, 0.1) is 0 Å². The van der Waals surface area contributed by atoms with Crippen LogP contribution in [0.25, 0.3) is 0 Å². The van der Waals surface area contributed by atoms with Crippen molar-refractivity contribution in [3.05, 3.63) is 34.9 Å².